The van der Waals surface area contributed by atoms with E-state index in [2.05, 4.69) is 27.7 Å². The average molecular weight is 591 g/mol. The van der Waals surface area contributed by atoms with Crippen molar-refractivity contribution in [2.75, 3.05) is 7.11 Å². The van der Waals surface area contributed by atoms with Gasteiger partial charge in [-0.05, 0) is 105 Å². The van der Waals surface area contributed by atoms with E-state index < -0.39 is 11.6 Å². The minimum atomic E-state index is -0.836. The van der Waals surface area contributed by atoms with E-state index in [1.54, 1.807) is 6.92 Å². The number of carbonyl (C=O) groups excluding carboxylic acids is 2. The minimum Gasteiger partial charge on any atom is -0.469 e. The molecule has 0 aromatic heterocycles. The molecule has 0 amide bonds. The van der Waals surface area contributed by atoms with Gasteiger partial charge in [-0.25, -0.2) is 0 Å². The van der Waals surface area contributed by atoms with E-state index in [4.69, 9.17) is 29.0 Å². The van der Waals surface area contributed by atoms with Crippen LogP contribution >= 0.6 is 0 Å². The second-order valence-electron chi connectivity index (χ2n) is 15.7. The molecular formula is C34H54O8. The van der Waals surface area contributed by atoms with Crippen molar-refractivity contribution in [1.29, 1.82) is 0 Å². The van der Waals surface area contributed by atoms with Crippen LogP contribution in [0.15, 0.2) is 0 Å². The summed E-state index contributed by atoms with van der Waals surface area (Å²) in [6, 6.07) is 0. The van der Waals surface area contributed by atoms with Crippen molar-refractivity contribution in [2.24, 2.45) is 52.3 Å². The van der Waals surface area contributed by atoms with Gasteiger partial charge in [0, 0.05) is 44.4 Å². The molecule has 8 nitrogen and oxygen atoms in total. The molecule has 1 heterocycles. The lowest BCUT2D eigenvalue weighted by Gasteiger charge is -2.63. The van der Waals surface area contributed by atoms with Crippen molar-refractivity contribution < 1.29 is 38.6 Å². The van der Waals surface area contributed by atoms with Crippen LogP contribution in [0.1, 0.15) is 125 Å². The third kappa shape index (κ3) is 5.14. The Morgan fingerprint density at radius 3 is 2.24 bits per heavy atom. The van der Waals surface area contributed by atoms with Crippen LogP contribution in [-0.2, 0) is 38.6 Å². The minimum absolute atomic E-state index is 0.0788. The summed E-state index contributed by atoms with van der Waals surface area (Å²) >= 11 is 0. The maximum absolute atomic E-state index is 12.5. The van der Waals surface area contributed by atoms with Gasteiger partial charge in [0.1, 0.15) is 6.10 Å². The first-order valence-corrected chi connectivity index (χ1v) is 16.9. The molecule has 0 aromatic rings. The van der Waals surface area contributed by atoms with E-state index in [1.807, 2.05) is 0 Å². The van der Waals surface area contributed by atoms with E-state index in [0.29, 0.717) is 47.8 Å². The molecule has 42 heavy (non-hydrogen) atoms. The number of carbonyl (C=O) groups is 2. The molecule has 0 radical (unpaired) electrons. The van der Waals surface area contributed by atoms with Crippen molar-refractivity contribution in [1.82, 2.24) is 0 Å². The third-order valence-corrected chi connectivity index (χ3v) is 13.6. The molecule has 8 heteroatoms. The fraction of sp³-hybridized carbons (Fsp3) is 0.941. The van der Waals surface area contributed by atoms with E-state index in [9.17, 15) is 9.59 Å². The Balaban J connectivity index is 1.18. The lowest BCUT2D eigenvalue weighted by atomic mass is 9.43. The molecule has 9 atom stereocenters. The number of esters is 2. The van der Waals surface area contributed by atoms with Crippen molar-refractivity contribution in [3.63, 3.8) is 0 Å². The molecule has 0 aromatic carbocycles. The highest BCUT2D eigenvalue weighted by Crippen LogP contribution is 2.70. The van der Waals surface area contributed by atoms with Crippen LogP contribution in [0.5, 0.6) is 0 Å². The fourth-order valence-corrected chi connectivity index (χ4v) is 11.0. The highest BCUT2D eigenvalue weighted by molar-refractivity contribution is 5.69. The van der Waals surface area contributed by atoms with Crippen LogP contribution < -0.4 is 0 Å². The Labute approximate surface area is 252 Å². The van der Waals surface area contributed by atoms with Gasteiger partial charge in [-0.15, -0.1) is 0 Å². The summed E-state index contributed by atoms with van der Waals surface area (Å²) in [5.41, 5.74) is 0.0369. The maximum atomic E-state index is 12.5. The standard InChI is InChI=1S/C34H54O8/c1-21-13-15-33(16-14-21)39-41-34(42-40-33)18-17-31(4)24(20-34)8-9-25-27-11-10-26(22(2)7-12-30(36)37-6)32(27,5)29(19-28(25)31)38-23(3)35/h21-22,24-29H,7-20H2,1-6H3/t21?,22-,24-,25+,26-,27+,28+,29+,31+,32-,33?,34?/m1/s1. The van der Waals surface area contributed by atoms with Crippen molar-refractivity contribution in [2.45, 2.75) is 142 Å². The number of rotatable bonds is 5. The van der Waals surface area contributed by atoms with Gasteiger partial charge < -0.3 is 9.47 Å². The first kappa shape index (κ1) is 30.8. The van der Waals surface area contributed by atoms with Crippen LogP contribution in [0, 0.1) is 52.3 Å². The zero-order chi connectivity index (χ0) is 29.9. The second kappa shape index (κ2) is 11.3. The summed E-state index contributed by atoms with van der Waals surface area (Å²) in [4.78, 5) is 48.8. The molecule has 2 spiro atoms. The van der Waals surface area contributed by atoms with Gasteiger partial charge in [0.05, 0.1) is 7.11 Å². The lowest BCUT2D eigenvalue weighted by molar-refractivity contribution is -0.665. The first-order chi connectivity index (χ1) is 19.9. The molecule has 0 N–H and O–H groups in total. The average Bonchev–Trinajstić information content (AvgIpc) is 3.34. The van der Waals surface area contributed by atoms with Gasteiger partial charge in [-0.1, -0.05) is 27.7 Å². The molecule has 1 aliphatic heterocycles. The second-order valence-corrected chi connectivity index (χ2v) is 15.7. The fourth-order valence-electron chi connectivity index (χ4n) is 11.0. The van der Waals surface area contributed by atoms with Crippen LogP contribution in [-0.4, -0.2) is 36.7 Å². The smallest absolute Gasteiger partial charge is 0.305 e. The molecular weight excluding hydrogens is 536 g/mol. The Morgan fingerprint density at radius 2 is 1.57 bits per heavy atom. The van der Waals surface area contributed by atoms with Crippen LogP contribution in [0.25, 0.3) is 0 Å². The summed E-state index contributed by atoms with van der Waals surface area (Å²) in [7, 11) is 1.46. The van der Waals surface area contributed by atoms with E-state index >= 15 is 0 Å². The predicted octanol–water partition coefficient (Wildman–Crippen LogP) is 7.29. The van der Waals surface area contributed by atoms with Gasteiger partial charge in [0.2, 0.25) is 11.6 Å². The van der Waals surface area contributed by atoms with Gasteiger partial charge >= 0.3 is 11.9 Å². The lowest BCUT2D eigenvalue weighted by Crippen LogP contribution is -2.62. The summed E-state index contributed by atoms with van der Waals surface area (Å²) in [5, 5.41) is 0. The molecule has 5 saturated carbocycles. The highest BCUT2D eigenvalue weighted by Gasteiger charge is 2.67. The van der Waals surface area contributed by atoms with Crippen molar-refractivity contribution in [3.8, 4) is 0 Å². The Morgan fingerprint density at radius 1 is 0.881 bits per heavy atom. The molecule has 5 aliphatic carbocycles. The zero-order valence-electron chi connectivity index (χ0n) is 26.8. The van der Waals surface area contributed by atoms with Crippen molar-refractivity contribution in [3.05, 3.63) is 0 Å². The third-order valence-electron chi connectivity index (χ3n) is 13.6. The molecule has 6 aliphatic rings. The molecule has 238 valence electrons. The number of ether oxygens (including phenoxy) is 2. The predicted molar refractivity (Wildman–Crippen MR) is 154 cm³/mol. The first-order valence-electron chi connectivity index (χ1n) is 16.9. The molecule has 6 rings (SSSR count). The number of hydrogen-bond donors (Lipinski definition) is 0. The summed E-state index contributed by atoms with van der Waals surface area (Å²) in [5.74, 6) is 1.59. The van der Waals surface area contributed by atoms with Crippen LogP contribution in [0.3, 0.4) is 0 Å². The Kier molecular flexibility index (Phi) is 8.28. The van der Waals surface area contributed by atoms with Gasteiger partial charge in [-0.3, -0.25) is 9.59 Å². The monoisotopic (exact) mass is 590 g/mol. The van der Waals surface area contributed by atoms with Gasteiger partial charge in [-0.2, -0.15) is 19.6 Å². The summed E-state index contributed by atoms with van der Waals surface area (Å²) < 4.78 is 11.2. The molecule has 6 fully saturated rings. The van der Waals surface area contributed by atoms with E-state index in [0.717, 1.165) is 70.6 Å². The van der Waals surface area contributed by atoms with Crippen LogP contribution in [0.2, 0.25) is 0 Å². The Hall–Kier alpha value is -1.22. The SMILES string of the molecule is COC(=O)CC[C@@H](C)[C@H]1CC[C@H]2[C@@H]3CC[C@@H]4CC5(CC[C@]4(C)[C@H]3C[C@H](OC(C)=O)[C@]12C)OOC1(CCC(C)CC1)OO5. The quantitative estimate of drug-likeness (QED) is 0.244. The van der Waals surface area contributed by atoms with Gasteiger partial charge in [0.15, 0.2) is 0 Å². The molecule has 0 bridgehead atoms. The summed E-state index contributed by atoms with van der Waals surface area (Å²) in [6.07, 6.45) is 12.9. The molecule has 1 saturated heterocycles. The normalized spacial score (nSPS) is 49.0. The van der Waals surface area contributed by atoms with Crippen LogP contribution in [0.4, 0.5) is 0 Å². The highest BCUT2D eigenvalue weighted by atomic mass is 17.4. The topological polar surface area (TPSA) is 89.5 Å². The van der Waals surface area contributed by atoms with E-state index in [-0.39, 0.29) is 28.9 Å². The number of methoxy groups -OCH3 is 1. The van der Waals surface area contributed by atoms with E-state index in [1.165, 1.54) is 20.0 Å². The van der Waals surface area contributed by atoms with Gasteiger partial charge in [0.25, 0.3) is 0 Å². The molecule has 0 unspecified atom stereocenters. The summed E-state index contributed by atoms with van der Waals surface area (Å²) in [6.45, 7) is 11.0. The zero-order valence-corrected chi connectivity index (χ0v) is 26.8. The number of hydrogen-bond acceptors (Lipinski definition) is 8. The Bertz CT molecular complexity index is 1010. The largest absolute Gasteiger partial charge is 0.469 e. The van der Waals surface area contributed by atoms with Crippen molar-refractivity contribution >= 4 is 11.9 Å². The number of fused-ring (bicyclic) bond motifs is 5. The maximum Gasteiger partial charge on any atom is 0.305 e.